The van der Waals surface area contributed by atoms with Gasteiger partial charge >= 0.3 is 0 Å². The van der Waals surface area contributed by atoms with E-state index in [-0.39, 0.29) is 12.0 Å². The number of carbonyl (C=O) groups excluding carboxylic acids is 1. The molecule has 0 N–H and O–H groups in total. The summed E-state index contributed by atoms with van der Waals surface area (Å²) in [5.74, 6) is 0.908. The summed E-state index contributed by atoms with van der Waals surface area (Å²) in [6.45, 7) is 9.95. The van der Waals surface area contributed by atoms with Gasteiger partial charge in [0.15, 0.2) is 0 Å². The van der Waals surface area contributed by atoms with E-state index in [4.69, 9.17) is 4.74 Å². The molecule has 0 saturated carbocycles. The van der Waals surface area contributed by atoms with Gasteiger partial charge in [0.25, 0.3) is 5.91 Å². The van der Waals surface area contributed by atoms with Gasteiger partial charge in [-0.15, -0.1) is 0 Å². The van der Waals surface area contributed by atoms with Gasteiger partial charge in [0.2, 0.25) is 0 Å². The van der Waals surface area contributed by atoms with Crippen molar-refractivity contribution in [3.05, 3.63) is 82.2 Å². The van der Waals surface area contributed by atoms with Crippen LogP contribution in [0.3, 0.4) is 0 Å². The van der Waals surface area contributed by atoms with Crippen molar-refractivity contribution in [2.45, 2.75) is 46.9 Å². The smallest absolute Gasteiger partial charge is 0.254 e. The minimum absolute atomic E-state index is 0.0347. The highest BCUT2D eigenvalue weighted by Crippen LogP contribution is 2.27. The molecule has 2 heterocycles. The first-order valence-electron chi connectivity index (χ1n) is 10.0. The standard InChI is InChI=1S/C24H27N3O2/c1-16-5-10-23-22(11-16)15-26(13-19(4)29-23)24(28)21-8-6-20(7-9-21)14-27-18(3)12-17(2)25-27/h5-12,19H,13-15H2,1-4H3. The minimum Gasteiger partial charge on any atom is -0.489 e. The average Bonchev–Trinajstić information content (AvgIpc) is 2.90. The number of ether oxygens (including phenoxy) is 1. The molecule has 0 aliphatic carbocycles. The highest BCUT2D eigenvalue weighted by atomic mass is 16.5. The van der Waals surface area contributed by atoms with Gasteiger partial charge in [-0.1, -0.05) is 29.8 Å². The number of aromatic nitrogens is 2. The normalized spacial score (nSPS) is 16.1. The van der Waals surface area contributed by atoms with Crippen LogP contribution in [0.25, 0.3) is 0 Å². The highest BCUT2D eigenvalue weighted by molar-refractivity contribution is 5.94. The summed E-state index contributed by atoms with van der Waals surface area (Å²) in [5.41, 5.74) is 6.20. The second-order valence-corrected chi connectivity index (χ2v) is 8.01. The molecule has 3 aromatic rings. The summed E-state index contributed by atoms with van der Waals surface area (Å²) in [6, 6.07) is 16.1. The molecule has 5 nitrogen and oxygen atoms in total. The largest absolute Gasteiger partial charge is 0.489 e. The third-order valence-electron chi connectivity index (χ3n) is 5.31. The molecule has 29 heavy (non-hydrogen) atoms. The maximum absolute atomic E-state index is 13.2. The van der Waals surface area contributed by atoms with E-state index in [9.17, 15) is 4.79 Å². The molecule has 1 aromatic heterocycles. The van der Waals surface area contributed by atoms with Gasteiger partial charge < -0.3 is 9.64 Å². The Morgan fingerprint density at radius 3 is 2.55 bits per heavy atom. The zero-order valence-electron chi connectivity index (χ0n) is 17.5. The molecule has 2 aromatic carbocycles. The van der Waals surface area contributed by atoms with Crippen molar-refractivity contribution in [2.24, 2.45) is 0 Å². The van der Waals surface area contributed by atoms with Gasteiger partial charge in [-0.05, 0) is 57.5 Å². The first kappa shape index (κ1) is 19.2. The summed E-state index contributed by atoms with van der Waals surface area (Å²) in [5, 5.41) is 4.51. The van der Waals surface area contributed by atoms with Crippen molar-refractivity contribution < 1.29 is 9.53 Å². The van der Waals surface area contributed by atoms with E-state index in [1.54, 1.807) is 0 Å². The van der Waals surface area contributed by atoms with E-state index >= 15 is 0 Å². The van der Waals surface area contributed by atoms with E-state index in [1.807, 2.05) is 59.8 Å². The van der Waals surface area contributed by atoms with Crippen molar-refractivity contribution in [2.75, 3.05) is 6.54 Å². The molecule has 5 heteroatoms. The molecule has 0 fully saturated rings. The molecule has 1 atom stereocenters. The second kappa shape index (κ2) is 7.74. The molecule has 0 saturated heterocycles. The lowest BCUT2D eigenvalue weighted by Crippen LogP contribution is -2.36. The third-order valence-corrected chi connectivity index (χ3v) is 5.31. The summed E-state index contributed by atoms with van der Waals surface area (Å²) < 4.78 is 8.01. The Morgan fingerprint density at radius 2 is 1.86 bits per heavy atom. The van der Waals surface area contributed by atoms with Crippen LogP contribution in [-0.2, 0) is 13.1 Å². The van der Waals surface area contributed by atoms with Crippen molar-refractivity contribution >= 4 is 5.91 Å². The van der Waals surface area contributed by atoms with Crippen LogP contribution in [0.1, 0.15) is 45.4 Å². The fourth-order valence-electron chi connectivity index (χ4n) is 3.88. The maximum Gasteiger partial charge on any atom is 0.254 e. The molecule has 1 aliphatic heterocycles. The van der Waals surface area contributed by atoms with Gasteiger partial charge in [0.1, 0.15) is 11.9 Å². The lowest BCUT2D eigenvalue weighted by Gasteiger charge is -2.22. The predicted molar refractivity (Wildman–Crippen MR) is 113 cm³/mol. The number of hydrogen-bond donors (Lipinski definition) is 0. The lowest BCUT2D eigenvalue weighted by atomic mass is 10.1. The number of fused-ring (bicyclic) bond motifs is 1. The zero-order chi connectivity index (χ0) is 20.5. The first-order valence-corrected chi connectivity index (χ1v) is 10.0. The second-order valence-electron chi connectivity index (χ2n) is 8.01. The van der Waals surface area contributed by atoms with Crippen LogP contribution in [0.4, 0.5) is 0 Å². The number of nitrogens with zero attached hydrogens (tertiary/aromatic N) is 3. The zero-order valence-corrected chi connectivity index (χ0v) is 17.5. The number of amides is 1. The molecule has 1 aliphatic rings. The molecule has 0 bridgehead atoms. The van der Waals surface area contributed by atoms with E-state index in [1.165, 1.54) is 5.56 Å². The number of rotatable bonds is 3. The Balaban J connectivity index is 1.52. The Bertz CT molecular complexity index is 1040. The summed E-state index contributed by atoms with van der Waals surface area (Å²) >= 11 is 0. The van der Waals surface area contributed by atoms with Crippen LogP contribution in [0.2, 0.25) is 0 Å². The number of aryl methyl sites for hydroxylation is 3. The maximum atomic E-state index is 13.2. The molecule has 0 radical (unpaired) electrons. The quantitative estimate of drug-likeness (QED) is 0.672. The van der Waals surface area contributed by atoms with Gasteiger partial charge in [-0.3, -0.25) is 9.48 Å². The third kappa shape index (κ3) is 4.19. The van der Waals surface area contributed by atoms with Crippen LogP contribution in [-0.4, -0.2) is 33.2 Å². The molecule has 4 rings (SSSR count). The Labute approximate surface area is 171 Å². The van der Waals surface area contributed by atoms with Gasteiger partial charge in [-0.25, -0.2) is 0 Å². The fourth-order valence-corrected chi connectivity index (χ4v) is 3.88. The molecule has 1 amide bonds. The summed E-state index contributed by atoms with van der Waals surface area (Å²) in [7, 11) is 0. The molecular formula is C24H27N3O2. The monoisotopic (exact) mass is 389 g/mol. The Morgan fingerprint density at radius 1 is 1.10 bits per heavy atom. The van der Waals surface area contributed by atoms with Crippen LogP contribution < -0.4 is 4.74 Å². The number of carbonyl (C=O) groups is 1. The van der Waals surface area contributed by atoms with E-state index < -0.39 is 0 Å². The van der Waals surface area contributed by atoms with Crippen molar-refractivity contribution in [1.29, 1.82) is 0 Å². The van der Waals surface area contributed by atoms with Crippen molar-refractivity contribution in [3.8, 4) is 5.75 Å². The van der Waals surface area contributed by atoms with Gasteiger partial charge in [-0.2, -0.15) is 5.10 Å². The highest BCUT2D eigenvalue weighted by Gasteiger charge is 2.24. The van der Waals surface area contributed by atoms with Gasteiger partial charge in [0.05, 0.1) is 18.8 Å². The number of benzene rings is 2. The average molecular weight is 389 g/mol. The SMILES string of the molecule is Cc1ccc2c(c1)CN(C(=O)c1ccc(Cn3nc(C)cc3C)cc1)CC(C)O2. The van der Waals surface area contributed by atoms with Crippen LogP contribution in [0.5, 0.6) is 5.75 Å². The van der Waals surface area contributed by atoms with Crippen molar-refractivity contribution in [1.82, 2.24) is 14.7 Å². The Hall–Kier alpha value is -3.08. The van der Waals surface area contributed by atoms with E-state index in [2.05, 4.69) is 31.1 Å². The van der Waals surface area contributed by atoms with Crippen molar-refractivity contribution in [3.63, 3.8) is 0 Å². The molecular weight excluding hydrogens is 362 g/mol. The predicted octanol–water partition coefficient (Wildman–Crippen LogP) is 4.28. The fraction of sp³-hybridized carbons (Fsp3) is 0.333. The lowest BCUT2D eigenvalue weighted by molar-refractivity contribution is 0.0690. The minimum atomic E-state index is -0.0480. The number of hydrogen-bond acceptors (Lipinski definition) is 3. The summed E-state index contributed by atoms with van der Waals surface area (Å²) in [4.78, 5) is 15.1. The van der Waals surface area contributed by atoms with Crippen LogP contribution in [0, 0.1) is 20.8 Å². The van der Waals surface area contributed by atoms with Gasteiger partial charge in [0, 0.05) is 23.4 Å². The topological polar surface area (TPSA) is 47.4 Å². The first-order chi connectivity index (χ1) is 13.9. The summed E-state index contributed by atoms with van der Waals surface area (Å²) in [6.07, 6.45) is -0.0480. The molecule has 1 unspecified atom stereocenters. The molecule has 0 spiro atoms. The van der Waals surface area contributed by atoms with Crippen LogP contribution >= 0.6 is 0 Å². The Kier molecular flexibility index (Phi) is 5.14. The van der Waals surface area contributed by atoms with E-state index in [0.29, 0.717) is 25.2 Å². The van der Waals surface area contributed by atoms with E-state index in [0.717, 1.165) is 28.3 Å². The molecule has 150 valence electrons. The van der Waals surface area contributed by atoms with Crippen LogP contribution in [0.15, 0.2) is 48.5 Å².